The fourth-order valence-electron chi connectivity index (χ4n) is 3.43. The number of rotatable bonds is 5. The van der Waals surface area contributed by atoms with Crippen LogP contribution in [0.2, 0.25) is 0 Å². The van der Waals surface area contributed by atoms with Crippen molar-refractivity contribution in [2.45, 2.75) is 42.9 Å². The molecule has 0 aliphatic carbocycles. The summed E-state index contributed by atoms with van der Waals surface area (Å²) in [7, 11) is -3.41. The highest BCUT2D eigenvalue weighted by atomic mass is 35.5. The van der Waals surface area contributed by atoms with Crippen LogP contribution in [-0.2, 0) is 14.8 Å². The lowest BCUT2D eigenvalue weighted by molar-refractivity contribution is -0.123. The summed E-state index contributed by atoms with van der Waals surface area (Å²) in [5.74, 6) is 0.223. The van der Waals surface area contributed by atoms with Crippen LogP contribution < -0.4 is 10.6 Å². The van der Waals surface area contributed by atoms with Crippen LogP contribution in [-0.4, -0.2) is 50.9 Å². The molecule has 2 aliphatic rings. The van der Waals surface area contributed by atoms with E-state index in [9.17, 15) is 13.2 Å². The van der Waals surface area contributed by atoms with Crippen LogP contribution >= 0.6 is 23.7 Å². The Morgan fingerprint density at radius 2 is 2.20 bits per heavy atom. The van der Waals surface area contributed by atoms with Gasteiger partial charge in [-0.1, -0.05) is 0 Å². The van der Waals surface area contributed by atoms with Gasteiger partial charge >= 0.3 is 0 Å². The molecule has 0 aromatic carbocycles. The second-order valence-electron chi connectivity index (χ2n) is 6.66. The number of hydrogen-bond donors (Lipinski definition) is 2. The van der Waals surface area contributed by atoms with E-state index in [4.69, 9.17) is 0 Å². The third-order valence-electron chi connectivity index (χ3n) is 4.81. The highest BCUT2D eigenvalue weighted by Gasteiger charge is 2.32. The first-order valence-corrected chi connectivity index (χ1v) is 10.9. The zero-order valence-corrected chi connectivity index (χ0v) is 16.8. The Kier molecular flexibility index (Phi) is 7.28. The van der Waals surface area contributed by atoms with Crippen LogP contribution in [0.3, 0.4) is 0 Å². The second-order valence-corrected chi connectivity index (χ2v) is 9.71. The molecule has 3 heterocycles. The topological polar surface area (TPSA) is 78.5 Å². The number of sulfonamides is 1. The molecule has 2 atom stereocenters. The molecular weight excluding hydrogens is 382 g/mol. The highest BCUT2D eigenvalue weighted by Crippen LogP contribution is 2.28. The zero-order chi connectivity index (χ0) is 17.2. The van der Waals surface area contributed by atoms with Gasteiger partial charge in [0.25, 0.3) is 10.0 Å². The van der Waals surface area contributed by atoms with Crippen molar-refractivity contribution in [3.05, 3.63) is 17.0 Å². The van der Waals surface area contributed by atoms with E-state index < -0.39 is 10.0 Å². The Labute approximate surface area is 159 Å². The molecule has 0 bridgehead atoms. The molecule has 2 N–H and O–H groups in total. The smallest absolute Gasteiger partial charge is 0.252 e. The SMILES string of the molecule is Cc1ccsc1S(=O)(=O)N1CCCC(CNC(=O)C2CCCN2)C1.Cl. The first kappa shape index (κ1) is 20.6. The molecule has 2 unspecified atom stereocenters. The first-order chi connectivity index (χ1) is 11.5. The number of thiophene rings is 1. The maximum atomic E-state index is 12.8. The van der Waals surface area contributed by atoms with Crippen molar-refractivity contribution in [1.29, 1.82) is 0 Å². The van der Waals surface area contributed by atoms with E-state index in [1.165, 1.54) is 11.3 Å². The van der Waals surface area contributed by atoms with E-state index in [1.54, 1.807) is 4.31 Å². The maximum Gasteiger partial charge on any atom is 0.252 e. The summed E-state index contributed by atoms with van der Waals surface area (Å²) < 4.78 is 27.6. The van der Waals surface area contributed by atoms with Crippen LogP contribution in [0, 0.1) is 12.8 Å². The molecule has 6 nitrogen and oxygen atoms in total. The molecule has 0 spiro atoms. The average molecular weight is 408 g/mol. The summed E-state index contributed by atoms with van der Waals surface area (Å²) in [6.07, 6.45) is 3.71. The van der Waals surface area contributed by atoms with Gasteiger partial charge in [0.2, 0.25) is 5.91 Å². The fourth-order valence-corrected chi connectivity index (χ4v) is 6.53. The van der Waals surface area contributed by atoms with Gasteiger partial charge in [0.05, 0.1) is 6.04 Å². The van der Waals surface area contributed by atoms with E-state index in [-0.39, 0.29) is 30.3 Å². The number of carbonyl (C=O) groups excluding carboxylic acids is 1. The summed E-state index contributed by atoms with van der Waals surface area (Å²) in [6, 6.07) is 1.76. The quantitative estimate of drug-likeness (QED) is 0.779. The third kappa shape index (κ3) is 4.74. The lowest BCUT2D eigenvalue weighted by Crippen LogP contribution is -2.46. The van der Waals surface area contributed by atoms with Gasteiger partial charge in [0.1, 0.15) is 4.21 Å². The molecule has 1 aromatic rings. The molecular formula is C16H26ClN3O3S2. The van der Waals surface area contributed by atoms with Gasteiger partial charge in [0.15, 0.2) is 0 Å². The van der Waals surface area contributed by atoms with Crippen molar-refractivity contribution < 1.29 is 13.2 Å². The summed E-state index contributed by atoms with van der Waals surface area (Å²) >= 11 is 1.28. The third-order valence-corrected chi connectivity index (χ3v) is 8.34. The van der Waals surface area contributed by atoms with Crippen molar-refractivity contribution >= 4 is 39.7 Å². The fraction of sp³-hybridized carbons (Fsp3) is 0.688. The summed E-state index contributed by atoms with van der Waals surface area (Å²) in [5, 5.41) is 7.99. The van der Waals surface area contributed by atoms with Crippen molar-refractivity contribution in [2.24, 2.45) is 5.92 Å². The molecule has 0 saturated carbocycles. The van der Waals surface area contributed by atoms with Crippen LogP contribution in [0.4, 0.5) is 0 Å². The number of aryl methyl sites for hydroxylation is 1. The van der Waals surface area contributed by atoms with Crippen LogP contribution in [0.15, 0.2) is 15.7 Å². The number of carbonyl (C=O) groups is 1. The lowest BCUT2D eigenvalue weighted by Gasteiger charge is -2.32. The number of nitrogens with one attached hydrogen (secondary N) is 2. The highest BCUT2D eigenvalue weighted by molar-refractivity contribution is 7.91. The van der Waals surface area contributed by atoms with Crippen LogP contribution in [0.1, 0.15) is 31.2 Å². The number of halogens is 1. The molecule has 9 heteroatoms. The van der Waals surface area contributed by atoms with E-state index >= 15 is 0 Å². The largest absolute Gasteiger partial charge is 0.354 e. The Morgan fingerprint density at radius 3 is 2.84 bits per heavy atom. The van der Waals surface area contributed by atoms with E-state index in [2.05, 4.69) is 10.6 Å². The van der Waals surface area contributed by atoms with Gasteiger partial charge in [-0.15, -0.1) is 23.7 Å². The summed E-state index contributed by atoms with van der Waals surface area (Å²) in [4.78, 5) is 12.1. The molecule has 3 rings (SSSR count). The first-order valence-electron chi connectivity index (χ1n) is 8.54. The minimum atomic E-state index is -3.41. The Bertz CT molecular complexity index is 687. The number of hydrogen-bond acceptors (Lipinski definition) is 5. The molecule has 0 radical (unpaired) electrons. The molecule has 2 saturated heterocycles. The van der Waals surface area contributed by atoms with E-state index in [0.29, 0.717) is 23.8 Å². The standard InChI is InChI=1S/C16H25N3O3S2.ClH/c1-12-6-9-23-16(12)24(21,22)19-8-3-4-13(11-19)10-18-15(20)14-5-2-7-17-14;/h6,9,13-14,17H,2-5,7-8,10-11H2,1H3,(H,18,20);1H. The Hall–Kier alpha value is -0.670. The molecule has 25 heavy (non-hydrogen) atoms. The van der Waals surface area contributed by atoms with Gasteiger partial charge in [0, 0.05) is 19.6 Å². The molecule has 1 amide bonds. The van der Waals surface area contributed by atoms with Gasteiger partial charge in [-0.3, -0.25) is 4.79 Å². The van der Waals surface area contributed by atoms with Crippen LogP contribution in [0.25, 0.3) is 0 Å². The molecule has 2 aliphatic heterocycles. The minimum absolute atomic E-state index is 0. The monoisotopic (exact) mass is 407 g/mol. The van der Waals surface area contributed by atoms with Crippen molar-refractivity contribution in [1.82, 2.24) is 14.9 Å². The van der Waals surface area contributed by atoms with E-state index in [1.807, 2.05) is 18.4 Å². The minimum Gasteiger partial charge on any atom is -0.354 e. The maximum absolute atomic E-state index is 12.8. The summed E-state index contributed by atoms with van der Waals surface area (Å²) in [5.41, 5.74) is 0.808. The van der Waals surface area contributed by atoms with Crippen LogP contribution in [0.5, 0.6) is 0 Å². The number of amides is 1. The van der Waals surface area contributed by atoms with Crippen molar-refractivity contribution in [2.75, 3.05) is 26.2 Å². The van der Waals surface area contributed by atoms with E-state index in [0.717, 1.165) is 37.8 Å². The number of nitrogens with zero attached hydrogens (tertiary/aromatic N) is 1. The summed E-state index contributed by atoms with van der Waals surface area (Å²) in [6.45, 7) is 4.33. The molecule has 1 aromatic heterocycles. The molecule has 142 valence electrons. The second kappa shape index (κ2) is 8.81. The Morgan fingerprint density at radius 1 is 1.40 bits per heavy atom. The normalized spacial score (nSPS) is 24.7. The predicted octanol–water partition coefficient (Wildman–Crippen LogP) is 1.75. The van der Waals surface area contributed by atoms with Gasteiger partial charge < -0.3 is 10.6 Å². The van der Waals surface area contributed by atoms with Gasteiger partial charge in [-0.05, 0) is 62.1 Å². The van der Waals surface area contributed by atoms with Gasteiger partial charge in [-0.25, -0.2) is 8.42 Å². The van der Waals surface area contributed by atoms with Crippen molar-refractivity contribution in [3.8, 4) is 0 Å². The number of piperidine rings is 1. The predicted molar refractivity (Wildman–Crippen MR) is 102 cm³/mol. The zero-order valence-electron chi connectivity index (χ0n) is 14.4. The van der Waals surface area contributed by atoms with Crippen molar-refractivity contribution in [3.63, 3.8) is 0 Å². The molecule has 2 fully saturated rings. The lowest BCUT2D eigenvalue weighted by atomic mass is 9.99. The Balaban J connectivity index is 0.00000225. The average Bonchev–Trinajstić information content (AvgIpc) is 3.24. The van der Waals surface area contributed by atoms with Gasteiger partial charge in [-0.2, -0.15) is 4.31 Å².